The maximum absolute atomic E-state index is 12.5. The molecule has 1 aliphatic rings. The lowest BCUT2D eigenvalue weighted by Crippen LogP contribution is -2.46. The molecule has 9 nitrogen and oxygen atoms in total. The summed E-state index contributed by atoms with van der Waals surface area (Å²) in [5.41, 5.74) is 5.05. The Hall–Kier alpha value is -2.39. The second-order valence-electron chi connectivity index (χ2n) is 5.63. The Morgan fingerprint density at radius 2 is 2.16 bits per heavy atom. The third-order valence-electron chi connectivity index (χ3n) is 3.94. The van der Waals surface area contributed by atoms with Gasteiger partial charge in [0.1, 0.15) is 0 Å². The number of nitrogens with one attached hydrogen (secondary N) is 1. The highest BCUT2D eigenvalue weighted by molar-refractivity contribution is 5.95. The first-order valence-corrected chi connectivity index (χ1v) is 7.68. The number of benzene rings is 1. The highest BCUT2D eigenvalue weighted by Gasteiger charge is 2.29. The predicted molar refractivity (Wildman–Crippen MR) is 92.7 cm³/mol. The van der Waals surface area contributed by atoms with Gasteiger partial charge in [-0.15, -0.1) is 12.4 Å². The first-order valence-electron chi connectivity index (χ1n) is 7.68. The van der Waals surface area contributed by atoms with Gasteiger partial charge in [-0.3, -0.25) is 19.7 Å². The fraction of sp³-hybridized carbons (Fsp3) is 0.467. The molecule has 0 aromatic heterocycles. The molecular weight excluding hydrogens is 352 g/mol. The molecule has 0 spiro atoms. The van der Waals surface area contributed by atoms with E-state index >= 15 is 0 Å². The molecule has 138 valence electrons. The van der Waals surface area contributed by atoms with Gasteiger partial charge in [-0.25, -0.2) is 0 Å². The number of hydrogen-bond acceptors (Lipinski definition) is 6. The van der Waals surface area contributed by atoms with E-state index in [0.29, 0.717) is 32.5 Å². The number of nitrogens with two attached hydrogens (primary N) is 1. The van der Waals surface area contributed by atoms with Crippen molar-refractivity contribution < 1.29 is 19.6 Å². The van der Waals surface area contributed by atoms with E-state index in [0.717, 1.165) is 12.1 Å². The van der Waals surface area contributed by atoms with Crippen molar-refractivity contribution in [3.63, 3.8) is 0 Å². The number of rotatable bonds is 5. The number of phenolic OH excluding ortho intramolecular Hbond substituents is 1. The zero-order valence-electron chi connectivity index (χ0n) is 13.5. The maximum Gasteiger partial charge on any atom is 0.310 e. The number of aromatic hydroxyl groups is 1. The Morgan fingerprint density at radius 3 is 2.76 bits per heavy atom. The molecule has 0 radical (unpaired) electrons. The highest BCUT2D eigenvalue weighted by atomic mass is 35.5. The minimum atomic E-state index is -0.720. The summed E-state index contributed by atoms with van der Waals surface area (Å²) in [6.07, 6.45) is 1.37. The van der Waals surface area contributed by atoms with Gasteiger partial charge in [0, 0.05) is 37.8 Å². The van der Waals surface area contributed by atoms with Gasteiger partial charge in [0.2, 0.25) is 5.91 Å². The van der Waals surface area contributed by atoms with Crippen LogP contribution in [-0.2, 0) is 4.79 Å². The van der Waals surface area contributed by atoms with E-state index in [9.17, 15) is 24.8 Å². The minimum absolute atomic E-state index is 0. The van der Waals surface area contributed by atoms with Crippen LogP contribution in [0.1, 0.15) is 23.2 Å². The lowest BCUT2D eigenvalue weighted by molar-refractivity contribution is -0.385. The first-order chi connectivity index (χ1) is 11.4. The standard InChI is InChI=1S/C15H20N4O5.ClH/c16-5-6-17-14(21)11-2-1-7-18(9-11)15(22)10-3-4-12(19(23)24)13(20)8-10;/h3-4,8,11,20H,1-2,5-7,9,16H2,(H,17,21);1H. The van der Waals surface area contributed by atoms with E-state index in [4.69, 9.17) is 5.73 Å². The van der Waals surface area contributed by atoms with Crippen LogP contribution >= 0.6 is 12.4 Å². The van der Waals surface area contributed by atoms with Crippen LogP contribution in [0.15, 0.2) is 18.2 Å². The van der Waals surface area contributed by atoms with E-state index in [1.807, 2.05) is 0 Å². The summed E-state index contributed by atoms with van der Waals surface area (Å²) < 4.78 is 0. The fourth-order valence-electron chi connectivity index (χ4n) is 2.71. The second kappa shape index (κ2) is 9.19. The normalized spacial score (nSPS) is 16.7. The zero-order valence-corrected chi connectivity index (χ0v) is 14.3. The summed E-state index contributed by atoms with van der Waals surface area (Å²) in [5.74, 6) is -1.36. The van der Waals surface area contributed by atoms with E-state index < -0.39 is 16.4 Å². The topological polar surface area (TPSA) is 139 Å². The summed E-state index contributed by atoms with van der Waals surface area (Å²) in [6, 6.07) is 3.48. The van der Waals surface area contributed by atoms with Crippen molar-refractivity contribution in [2.24, 2.45) is 11.7 Å². The quantitative estimate of drug-likeness (QED) is 0.512. The van der Waals surface area contributed by atoms with Gasteiger partial charge in [0.25, 0.3) is 5.91 Å². The molecule has 1 heterocycles. The van der Waals surface area contributed by atoms with Crippen molar-refractivity contribution in [1.29, 1.82) is 0 Å². The lowest BCUT2D eigenvalue weighted by Gasteiger charge is -2.32. The van der Waals surface area contributed by atoms with Crippen molar-refractivity contribution in [3.05, 3.63) is 33.9 Å². The van der Waals surface area contributed by atoms with Gasteiger partial charge in [0.15, 0.2) is 5.75 Å². The smallest absolute Gasteiger partial charge is 0.310 e. The van der Waals surface area contributed by atoms with Crippen molar-refractivity contribution in [2.75, 3.05) is 26.2 Å². The number of piperidine rings is 1. The van der Waals surface area contributed by atoms with Gasteiger partial charge in [-0.2, -0.15) is 0 Å². The van der Waals surface area contributed by atoms with Crippen LogP contribution in [0.5, 0.6) is 5.75 Å². The summed E-state index contributed by atoms with van der Waals surface area (Å²) in [5, 5.41) is 23.1. The number of likely N-dealkylation sites (tertiary alicyclic amines) is 1. The number of nitro groups is 1. The Morgan fingerprint density at radius 1 is 1.44 bits per heavy atom. The zero-order chi connectivity index (χ0) is 17.7. The molecule has 25 heavy (non-hydrogen) atoms. The Labute approximate surface area is 150 Å². The maximum atomic E-state index is 12.5. The van der Waals surface area contributed by atoms with Gasteiger partial charge in [-0.1, -0.05) is 0 Å². The molecule has 0 saturated carbocycles. The monoisotopic (exact) mass is 372 g/mol. The molecule has 1 aromatic rings. The van der Waals surface area contributed by atoms with E-state index in [1.165, 1.54) is 11.0 Å². The van der Waals surface area contributed by atoms with Crippen molar-refractivity contribution in [3.8, 4) is 5.75 Å². The Bertz CT molecular complexity index is 655. The van der Waals surface area contributed by atoms with E-state index in [2.05, 4.69) is 5.32 Å². The van der Waals surface area contributed by atoms with Gasteiger partial charge >= 0.3 is 5.69 Å². The molecule has 0 aliphatic carbocycles. The molecule has 1 aliphatic heterocycles. The summed E-state index contributed by atoms with van der Waals surface area (Å²) in [7, 11) is 0. The van der Waals surface area contributed by atoms with E-state index in [-0.39, 0.29) is 42.2 Å². The van der Waals surface area contributed by atoms with Crippen LogP contribution in [0.2, 0.25) is 0 Å². The molecule has 0 bridgehead atoms. The Balaban J connectivity index is 0.00000312. The molecule has 1 atom stereocenters. The van der Waals surface area contributed by atoms with Crippen molar-refractivity contribution >= 4 is 29.9 Å². The number of halogens is 1. The molecule has 1 saturated heterocycles. The summed E-state index contributed by atoms with van der Waals surface area (Å²) >= 11 is 0. The third kappa shape index (κ3) is 5.04. The number of phenols is 1. The number of carbonyl (C=O) groups is 2. The summed E-state index contributed by atoms with van der Waals surface area (Å²) in [4.78, 5) is 36.0. The summed E-state index contributed by atoms with van der Waals surface area (Å²) in [6.45, 7) is 1.51. The van der Waals surface area contributed by atoms with Crippen LogP contribution < -0.4 is 11.1 Å². The minimum Gasteiger partial charge on any atom is -0.502 e. The molecule has 2 rings (SSSR count). The van der Waals surface area contributed by atoms with Gasteiger partial charge in [-0.05, 0) is 25.0 Å². The molecule has 1 fully saturated rings. The molecule has 2 amide bonds. The number of carbonyl (C=O) groups excluding carboxylic acids is 2. The van der Waals surface area contributed by atoms with Crippen LogP contribution in [-0.4, -0.2) is 52.9 Å². The van der Waals surface area contributed by atoms with Crippen molar-refractivity contribution in [2.45, 2.75) is 12.8 Å². The SMILES string of the molecule is Cl.NCCNC(=O)C1CCCN(C(=O)c2ccc([N+](=O)[O-])c(O)c2)C1. The van der Waals surface area contributed by atoms with Crippen LogP contribution in [0.4, 0.5) is 5.69 Å². The average molecular weight is 373 g/mol. The molecular formula is C15H21ClN4O5. The number of hydrogen-bond donors (Lipinski definition) is 3. The second-order valence-corrected chi connectivity index (χ2v) is 5.63. The fourth-order valence-corrected chi connectivity index (χ4v) is 2.71. The number of nitro benzene ring substituents is 1. The van der Waals surface area contributed by atoms with Crippen LogP contribution in [0.3, 0.4) is 0 Å². The molecule has 1 aromatic carbocycles. The number of amides is 2. The lowest BCUT2D eigenvalue weighted by atomic mass is 9.96. The third-order valence-corrected chi connectivity index (χ3v) is 3.94. The van der Waals surface area contributed by atoms with Gasteiger partial charge < -0.3 is 21.1 Å². The van der Waals surface area contributed by atoms with Gasteiger partial charge in [0.05, 0.1) is 10.8 Å². The average Bonchev–Trinajstić information content (AvgIpc) is 2.58. The first kappa shape index (κ1) is 20.7. The Kier molecular flexibility index (Phi) is 7.59. The van der Waals surface area contributed by atoms with E-state index in [1.54, 1.807) is 0 Å². The van der Waals surface area contributed by atoms with Crippen molar-refractivity contribution in [1.82, 2.24) is 10.2 Å². The van der Waals surface area contributed by atoms with Crippen LogP contribution in [0.25, 0.3) is 0 Å². The van der Waals surface area contributed by atoms with Crippen LogP contribution in [0, 0.1) is 16.0 Å². The largest absolute Gasteiger partial charge is 0.502 e. The molecule has 1 unspecified atom stereocenters. The number of nitrogens with zero attached hydrogens (tertiary/aromatic N) is 2. The molecule has 4 N–H and O–H groups in total. The molecule has 10 heteroatoms. The predicted octanol–water partition coefficient (Wildman–Crippen LogP) is 0.649. The highest BCUT2D eigenvalue weighted by Crippen LogP contribution is 2.27.